The molecule has 22 heavy (non-hydrogen) atoms. The predicted octanol–water partition coefficient (Wildman–Crippen LogP) is 3.50. The Balaban J connectivity index is 4.27. The molecule has 2 amide bonds. The quantitative estimate of drug-likeness (QED) is 0.675. The first-order chi connectivity index (χ1) is 10.1. The zero-order chi connectivity index (χ0) is 17.4. The van der Waals surface area contributed by atoms with E-state index in [-0.39, 0.29) is 49.6 Å². The van der Waals surface area contributed by atoms with E-state index in [9.17, 15) is 9.59 Å². The highest BCUT2D eigenvalue weighted by atomic mass is 16.6. The van der Waals surface area contributed by atoms with Gasteiger partial charge in [0.25, 0.3) is 0 Å². The van der Waals surface area contributed by atoms with Crippen LogP contribution in [0.4, 0.5) is 9.59 Å². The Hall–Kier alpha value is -1.46. The van der Waals surface area contributed by atoms with Crippen LogP contribution < -0.4 is 0 Å². The fourth-order valence-corrected chi connectivity index (χ4v) is 2.44. The monoisotopic (exact) mass is 316 g/mol. The molecule has 0 saturated carbocycles. The summed E-state index contributed by atoms with van der Waals surface area (Å²) in [4.78, 5) is 27.2. The van der Waals surface area contributed by atoms with Gasteiger partial charge in [0.2, 0.25) is 0 Å². The summed E-state index contributed by atoms with van der Waals surface area (Å²) in [5, 5.41) is 0. The molecule has 6 heteroatoms. The highest BCUT2D eigenvalue weighted by Gasteiger charge is 2.23. The Labute approximate surface area is 134 Å². The largest absolute Gasteiger partial charge is 0.446 e. The SMILES string of the molecule is CC(C)N(C(=O)OCCOC(=O)N(C(C)C)C(C)C)C(C)C. The number of hydrogen-bond donors (Lipinski definition) is 0. The van der Waals surface area contributed by atoms with E-state index < -0.39 is 0 Å². The molecule has 0 aliphatic carbocycles. The van der Waals surface area contributed by atoms with Crippen LogP contribution in [0, 0.1) is 0 Å². The van der Waals surface area contributed by atoms with Gasteiger partial charge in [0.1, 0.15) is 13.2 Å². The Bertz CT molecular complexity index is 304. The second kappa shape index (κ2) is 9.54. The van der Waals surface area contributed by atoms with Crippen LogP contribution in [0.3, 0.4) is 0 Å². The topological polar surface area (TPSA) is 59.1 Å². The van der Waals surface area contributed by atoms with Gasteiger partial charge in [0.15, 0.2) is 0 Å². The van der Waals surface area contributed by atoms with Crippen molar-refractivity contribution in [2.24, 2.45) is 0 Å². The van der Waals surface area contributed by atoms with Crippen LogP contribution >= 0.6 is 0 Å². The first-order valence-corrected chi connectivity index (χ1v) is 7.99. The molecule has 0 aromatic heterocycles. The summed E-state index contributed by atoms with van der Waals surface area (Å²) < 4.78 is 10.3. The number of hydrogen-bond acceptors (Lipinski definition) is 4. The van der Waals surface area contributed by atoms with Crippen LogP contribution in [0.5, 0.6) is 0 Å². The number of ether oxygens (including phenoxy) is 2. The van der Waals surface area contributed by atoms with Crippen molar-refractivity contribution >= 4 is 12.2 Å². The Morgan fingerprint density at radius 3 is 1.05 bits per heavy atom. The summed E-state index contributed by atoms with van der Waals surface area (Å²) in [6.45, 7) is 15.6. The molecule has 0 rings (SSSR count). The van der Waals surface area contributed by atoms with Crippen molar-refractivity contribution in [1.29, 1.82) is 0 Å². The van der Waals surface area contributed by atoms with E-state index in [2.05, 4.69) is 0 Å². The molecule has 0 radical (unpaired) electrons. The minimum Gasteiger partial charge on any atom is -0.446 e. The Morgan fingerprint density at radius 2 is 0.864 bits per heavy atom. The minimum absolute atomic E-state index is 0.0601. The maximum Gasteiger partial charge on any atom is 0.410 e. The zero-order valence-corrected chi connectivity index (χ0v) is 15.3. The van der Waals surface area contributed by atoms with Crippen molar-refractivity contribution in [3.05, 3.63) is 0 Å². The summed E-state index contributed by atoms with van der Waals surface area (Å²) >= 11 is 0. The van der Waals surface area contributed by atoms with E-state index in [0.29, 0.717) is 0 Å². The molecular weight excluding hydrogens is 284 g/mol. The molecule has 0 N–H and O–H groups in total. The summed E-state index contributed by atoms with van der Waals surface area (Å²) in [5.41, 5.74) is 0. The molecule has 0 spiro atoms. The van der Waals surface area contributed by atoms with Gasteiger partial charge in [0, 0.05) is 24.2 Å². The normalized spacial score (nSPS) is 11.3. The highest BCUT2D eigenvalue weighted by molar-refractivity contribution is 5.69. The molecule has 0 unspecified atom stereocenters. The van der Waals surface area contributed by atoms with Crippen molar-refractivity contribution in [3.63, 3.8) is 0 Å². The van der Waals surface area contributed by atoms with Gasteiger partial charge in [-0.15, -0.1) is 0 Å². The maximum atomic E-state index is 12.0. The second-order valence-corrected chi connectivity index (χ2v) is 6.42. The first-order valence-electron chi connectivity index (χ1n) is 7.99. The van der Waals surface area contributed by atoms with Gasteiger partial charge in [-0.2, -0.15) is 0 Å². The molecule has 0 aliphatic rings. The number of nitrogens with zero attached hydrogens (tertiary/aromatic N) is 2. The lowest BCUT2D eigenvalue weighted by atomic mass is 10.2. The molecule has 130 valence electrons. The van der Waals surface area contributed by atoms with Crippen LogP contribution in [0.2, 0.25) is 0 Å². The number of rotatable bonds is 7. The average Bonchev–Trinajstić information content (AvgIpc) is 2.32. The zero-order valence-electron chi connectivity index (χ0n) is 15.3. The minimum atomic E-state index is -0.384. The van der Waals surface area contributed by atoms with E-state index >= 15 is 0 Å². The summed E-state index contributed by atoms with van der Waals surface area (Å²) in [6, 6.07) is 0.250. The molecule has 0 aliphatic heterocycles. The Morgan fingerprint density at radius 1 is 0.636 bits per heavy atom. The first kappa shape index (κ1) is 20.5. The highest BCUT2D eigenvalue weighted by Crippen LogP contribution is 2.09. The standard InChI is InChI=1S/C16H32N2O4/c1-11(2)17(12(3)4)15(19)21-9-10-22-16(20)18(13(5)6)14(7)8/h11-14H,9-10H2,1-8H3. The van der Waals surface area contributed by atoms with E-state index in [1.807, 2.05) is 55.4 Å². The van der Waals surface area contributed by atoms with E-state index in [4.69, 9.17) is 9.47 Å². The molecule has 0 aromatic rings. The molecule has 6 nitrogen and oxygen atoms in total. The molecule has 0 saturated heterocycles. The van der Waals surface area contributed by atoms with Gasteiger partial charge in [-0.3, -0.25) is 0 Å². The van der Waals surface area contributed by atoms with Gasteiger partial charge in [-0.25, -0.2) is 9.59 Å². The lowest BCUT2D eigenvalue weighted by Crippen LogP contribution is -2.43. The smallest absolute Gasteiger partial charge is 0.410 e. The van der Waals surface area contributed by atoms with Crippen molar-refractivity contribution in [2.45, 2.75) is 79.6 Å². The third kappa shape index (κ3) is 6.54. The fourth-order valence-electron chi connectivity index (χ4n) is 2.44. The van der Waals surface area contributed by atoms with Crippen LogP contribution in [0.1, 0.15) is 55.4 Å². The van der Waals surface area contributed by atoms with E-state index in [0.717, 1.165) is 0 Å². The Kier molecular flexibility index (Phi) is 8.90. The van der Waals surface area contributed by atoms with Gasteiger partial charge >= 0.3 is 12.2 Å². The summed E-state index contributed by atoms with van der Waals surface area (Å²) in [6.07, 6.45) is -0.767. The van der Waals surface area contributed by atoms with Gasteiger partial charge in [-0.05, 0) is 55.4 Å². The lowest BCUT2D eigenvalue weighted by molar-refractivity contribution is 0.0410. The third-order valence-corrected chi connectivity index (χ3v) is 3.18. The van der Waals surface area contributed by atoms with Gasteiger partial charge in [0.05, 0.1) is 0 Å². The van der Waals surface area contributed by atoms with Gasteiger partial charge in [-0.1, -0.05) is 0 Å². The molecule has 0 bridgehead atoms. The van der Waals surface area contributed by atoms with Gasteiger partial charge < -0.3 is 19.3 Å². The second-order valence-electron chi connectivity index (χ2n) is 6.42. The van der Waals surface area contributed by atoms with Crippen LogP contribution in [0.25, 0.3) is 0 Å². The molecule has 0 atom stereocenters. The molecule has 0 heterocycles. The lowest BCUT2D eigenvalue weighted by Gasteiger charge is -2.30. The van der Waals surface area contributed by atoms with Crippen LogP contribution in [-0.2, 0) is 9.47 Å². The van der Waals surface area contributed by atoms with E-state index in [1.54, 1.807) is 9.80 Å². The molecule has 0 aromatic carbocycles. The van der Waals surface area contributed by atoms with Crippen LogP contribution in [-0.4, -0.2) is 59.4 Å². The number of carbonyl (C=O) groups excluding carboxylic acids is 2. The fraction of sp³-hybridized carbons (Fsp3) is 0.875. The van der Waals surface area contributed by atoms with Crippen molar-refractivity contribution in [3.8, 4) is 0 Å². The number of carbonyl (C=O) groups is 2. The van der Waals surface area contributed by atoms with E-state index in [1.165, 1.54) is 0 Å². The van der Waals surface area contributed by atoms with Crippen LogP contribution in [0.15, 0.2) is 0 Å². The molecular formula is C16H32N2O4. The van der Waals surface area contributed by atoms with Crippen molar-refractivity contribution < 1.29 is 19.1 Å². The maximum absolute atomic E-state index is 12.0. The predicted molar refractivity (Wildman–Crippen MR) is 86.9 cm³/mol. The summed E-state index contributed by atoms with van der Waals surface area (Å²) in [5.74, 6) is 0. The summed E-state index contributed by atoms with van der Waals surface area (Å²) in [7, 11) is 0. The average molecular weight is 316 g/mol. The number of amides is 2. The molecule has 0 fully saturated rings. The van der Waals surface area contributed by atoms with Crippen molar-refractivity contribution in [1.82, 2.24) is 9.80 Å². The van der Waals surface area contributed by atoms with Crippen molar-refractivity contribution in [2.75, 3.05) is 13.2 Å². The third-order valence-electron chi connectivity index (χ3n) is 3.18.